The Balaban J connectivity index is 2.39. The summed E-state index contributed by atoms with van der Waals surface area (Å²) in [6.07, 6.45) is 4.53. The van der Waals surface area contributed by atoms with E-state index in [0.29, 0.717) is 4.88 Å². The summed E-state index contributed by atoms with van der Waals surface area (Å²) < 4.78 is 5.31. The van der Waals surface area contributed by atoms with Gasteiger partial charge >= 0.3 is 5.97 Å². The van der Waals surface area contributed by atoms with E-state index in [4.69, 9.17) is 33.0 Å². The summed E-state index contributed by atoms with van der Waals surface area (Å²) in [5, 5.41) is 9.77. The average molecular weight is 333 g/mol. The van der Waals surface area contributed by atoms with Crippen molar-refractivity contribution in [1.82, 2.24) is 0 Å². The second kappa shape index (κ2) is 6.10. The molecule has 2 unspecified atom stereocenters. The molecule has 0 radical (unpaired) electrons. The predicted octanol–water partition coefficient (Wildman–Crippen LogP) is 3.07. The van der Waals surface area contributed by atoms with Gasteiger partial charge in [-0.2, -0.15) is 0 Å². The first-order chi connectivity index (χ1) is 9.47. The summed E-state index contributed by atoms with van der Waals surface area (Å²) in [6, 6.07) is 3.35. The molecule has 0 saturated heterocycles. The van der Waals surface area contributed by atoms with E-state index in [-0.39, 0.29) is 5.03 Å². The normalized spacial score (nSPS) is 25.3. The minimum atomic E-state index is -1.60. The highest BCUT2D eigenvalue weighted by molar-refractivity contribution is 7.12. The standard InChI is InChI=1S/C13H10Cl2O4S/c14-8-3-1-5-13(11(8)15,19-7-10(16)17)12(18)9-4-2-6-20-9/h1-6,11H,7H2,(H,16,17). The van der Waals surface area contributed by atoms with E-state index in [1.54, 1.807) is 23.6 Å². The zero-order chi connectivity index (χ0) is 14.8. The lowest BCUT2D eigenvalue weighted by molar-refractivity contribution is -0.145. The number of carboxylic acid groups (broad SMARTS) is 1. The molecule has 2 atom stereocenters. The van der Waals surface area contributed by atoms with Gasteiger partial charge in [0.1, 0.15) is 12.0 Å². The summed E-state index contributed by atoms with van der Waals surface area (Å²) in [4.78, 5) is 23.8. The molecule has 0 fully saturated rings. The molecule has 1 aliphatic carbocycles. The molecule has 1 N–H and O–H groups in total. The van der Waals surface area contributed by atoms with Gasteiger partial charge in [-0.1, -0.05) is 23.7 Å². The summed E-state index contributed by atoms with van der Waals surface area (Å²) in [5.74, 6) is -1.59. The summed E-state index contributed by atoms with van der Waals surface area (Å²) in [5.41, 5.74) is -1.60. The van der Waals surface area contributed by atoms with Crippen LogP contribution in [-0.2, 0) is 9.53 Å². The van der Waals surface area contributed by atoms with Gasteiger partial charge in [0.15, 0.2) is 5.60 Å². The molecule has 0 amide bonds. The minimum Gasteiger partial charge on any atom is -0.480 e. The Labute approximate surface area is 129 Å². The molecule has 1 aromatic heterocycles. The number of Topliss-reactive ketones (excluding diaryl/α,β-unsaturated/α-hetero) is 1. The third kappa shape index (κ3) is 2.81. The highest BCUT2D eigenvalue weighted by Crippen LogP contribution is 2.37. The van der Waals surface area contributed by atoms with Gasteiger partial charge in [0, 0.05) is 5.03 Å². The van der Waals surface area contributed by atoms with Gasteiger partial charge in [0.25, 0.3) is 0 Å². The molecule has 2 rings (SSSR count). The molecule has 0 bridgehead atoms. The smallest absolute Gasteiger partial charge is 0.329 e. The highest BCUT2D eigenvalue weighted by atomic mass is 35.5. The monoisotopic (exact) mass is 332 g/mol. The molecule has 0 spiro atoms. The van der Waals surface area contributed by atoms with Gasteiger partial charge in [-0.05, 0) is 23.6 Å². The van der Waals surface area contributed by atoms with E-state index in [9.17, 15) is 9.59 Å². The molecule has 7 heteroatoms. The zero-order valence-corrected chi connectivity index (χ0v) is 12.4. The van der Waals surface area contributed by atoms with E-state index in [2.05, 4.69) is 0 Å². The lowest BCUT2D eigenvalue weighted by atomic mass is 9.88. The second-order valence-electron chi connectivity index (χ2n) is 4.06. The predicted molar refractivity (Wildman–Crippen MR) is 77.7 cm³/mol. The number of carboxylic acids is 1. The fourth-order valence-corrected chi connectivity index (χ4v) is 3.09. The molecule has 1 aliphatic rings. The first-order valence-corrected chi connectivity index (χ1v) is 7.30. The molecule has 106 valence electrons. The molecule has 4 nitrogen and oxygen atoms in total. The Morgan fingerprint density at radius 3 is 2.85 bits per heavy atom. The van der Waals surface area contributed by atoms with Crippen molar-refractivity contribution in [2.45, 2.75) is 11.0 Å². The fourth-order valence-electron chi connectivity index (χ4n) is 1.82. The van der Waals surface area contributed by atoms with Crippen molar-refractivity contribution >= 4 is 46.3 Å². The van der Waals surface area contributed by atoms with Gasteiger partial charge in [0.05, 0.1) is 4.88 Å². The third-order valence-electron chi connectivity index (χ3n) is 2.75. The lowest BCUT2D eigenvalue weighted by Gasteiger charge is -2.34. The first kappa shape index (κ1) is 15.3. The van der Waals surface area contributed by atoms with Crippen LogP contribution in [0.4, 0.5) is 0 Å². The molecular formula is C13H10Cl2O4S. The van der Waals surface area contributed by atoms with Crippen molar-refractivity contribution in [2.24, 2.45) is 0 Å². The number of alkyl halides is 1. The molecular weight excluding hydrogens is 323 g/mol. The molecule has 0 saturated carbocycles. The SMILES string of the molecule is O=C(O)COC1(C(=O)c2cccs2)C=CC=C(Cl)C1Cl. The Morgan fingerprint density at radius 1 is 1.50 bits per heavy atom. The van der Waals surface area contributed by atoms with E-state index in [0.717, 1.165) is 0 Å². The fraction of sp³-hybridized carbons (Fsp3) is 0.231. The quantitative estimate of drug-likeness (QED) is 0.664. The van der Waals surface area contributed by atoms with Crippen LogP contribution in [0.3, 0.4) is 0 Å². The Morgan fingerprint density at radius 2 is 2.25 bits per heavy atom. The summed E-state index contributed by atoms with van der Waals surface area (Å²) in [7, 11) is 0. The Hall–Kier alpha value is -1.14. The number of aliphatic carboxylic acids is 1. The third-order valence-corrected chi connectivity index (χ3v) is 4.64. The van der Waals surface area contributed by atoms with E-state index in [1.165, 1.54) is 23.5 Å². The minimum absolute atomic E-state index is 0.226. The van der Waals surface area contributed by atoms with Crippen LogP contribution in [-0.4, -0.2) is 34.4 Å². The largest absolute Gasteiger partial charge is 0.480 e. The Bertz CT molecular complexity index is 579. The number of hydrogen-bond acceptors (Lipinski definition) is 4. The lowest BCUT2D eigenvalue weighted by Crippen LogP contribution is -2.49. The number of carbonyl (C=O) groups is 2. The van der Waals surface area contributed by atoms with Crippen molar-refractivity contribution in [3.8, 4) is 0 Å². The van der Waals surface area contributed by atoms with Crippen molar-refractivity contribution in [3.05, 3.63) is 45.7 Å². The number of allylic oxidation sites excluding steroid dienone is 2. The number of halogens is 2. The first-order valence-electron chi connectivity index (χ1n) is 5.60. The van der Waals surface area contributed by atoms with Gasteiger partial charge in [-0.25, -0.2) is 4.79 Å². The van der Waals surface area contributed by atoms with Crippen molar-refractivity contribution < 1.29 is 19.4 Å². The van der Waals surface area contributed by atoms with Crippen LogP contribution in [0.25, 0.3) is 0 Å². The maximum atomic E-state index is 12.6. The average Bonchev–Trinajstić information content (AvgIpc) is 2.94. The zero-order valence-electron chi connectivity index (χ0n) is 10.1. The van der Waals surface area contributed by atoms with Crippen molar-refractivity contribution in [1.29, 1.82) is 0 Å². The number of hydrogen-bond donors (Lipinski definition) is 1. The maximum absolute atomic E-state index is 12.6. The molecule has 1 aromatic rings. The summed E-state index contributed by atoms with van der Waals surface area (Å²) >= 11 is 13.4. The van der Waals surface area contributed by atoms with Crippen LogP contribution in [0, 0.1) is 0 Å². The van der Waals surface area contributed by atoms with Gasteiger partial charge in [-0.3, -0.25) is 4.79 Å². The molecule has 20 heavy (non-hydrogen) atoms. The maximum Gasteiger partial charge on any atom is 0.329 e. The van der Waals surface area contributed by atoms with Crippen molar-refractivity contribution in [2.75, 3.05) is 6.61 Å². The second-order valence-corrected chi connectivity index (χ2v) is 5.88. The van der Waals surface area contributed by atoms with Crippen LogP contribution < -0.4 is 0 Å². The van der Waals surface area contributed by atoms with Crippen LogP contribution in [0.2, 0.25) is 0 Å². The Kier molecular flexibility index (Phi) is 4.65. The number of thiophene rings is 1. The van der Waals surface area contributed by atoms with Crippen molar-refractivity contribution in [3.63, 3.8) is 0 Å². The molecule has 1 heterocycles. The highest BCUT2D eigenvalue weighted by Gasteiger charge is 2.47. The summed E-state index contributed by atoms with van der Waals surface area (Å²) in [6.45, 7) is -0.644. The van der Waals surface area contributed by atoms with E-state index >= 15 is 0 Å². The van der Waals surface area contributed by atoms with Crippen LogP contribution in [0.15, 0.2) is 40.8 Å². The van der Waals surface area contributed by atoms with Gasteiger partial charge in [-0.15, -0.1) is 22.9 Å². The van der Waals surface area contributed by atoms with E-state index < -0.39 is 29.3 Å². The van der Waals surface area contributed by atoms with Crippen LogP contribution >= 0.6 is 34.5 Å². The number of ether oxygens (including phenoxy) is 1. The topological polar surface area (TPSA) is 63.6 Å². The number of rotatable bonds is 5. The number of carbonyl (C=O) groups excluding carboxylic acids is 1. The number of ketones is 1. The van der Waals surface area contributed by atoms with Gasteiger partial charge < -0.3 is 9.84 Å². The molecule has 0 aliphatic heterocycles. The van der Waals surface area contributed by atoms with Crippen LogP contribution in [0.1, 0.15) is 9.67 Å². The molecule has 0 aromatic carbocycles. The van der Waals surface area contributed by atoms with Crippen LogP contribution in [0.5, 0.6) is 0 Å². The van der Waals surface area contributed by atoms with E-state index in [1.807, 2.05) is 0 Å². The van der Waals surface area contributed by atoms with Gasteiger partial charge in [0.2, 0.25) is 5.78 Å².